The first-order chi connectivity index (χ1) is 20.8. The molecule has 4 heterocycles. The number of hydrogen-bond donors (Lipinski definition) is 1. The first-order valence-electron chi connectivity index (χ1n) is 15.9. The summed E-state index contributed by atoms with van der Waals surface area (Å²) in [4.78, 5) is 28.0. The van der Waals surface area contributed by atoms with E-state index in [1.165, 1.54) is 39.8 Å². The van der Waals surface area contributed by atoms with Gasteiger partial charge in [0, 0.05) is 64.0 Å². The molecule has 0 unspecified atom stereocenters. The maximum Gasteiger partial charge on any atom is 0.303 e. The summed E-state index contributed by atoms with van der Waals surface area (Å²) in [6.45, 7) is 4.07. The number of piperazine rings is 1. The van der Waals surface area contributed by atoms with Gasteiger partial charge in [0.05, 0.1) is 17.1 Å². The number of nitrogens with zero attached hydrogens (tertiary/aromatic N) is 7. The third kappa shape index (κ3) is 5.64. The Bertz CT molecular complexity index is 1600. The SMILES string of the molecule is CN(C)S(=O)(=O)NC(=O)c1cc(-c2ccc(N3CCN(C4CC4)CC3)nc2)c2c(C3CCC3)nn(C3CCCCC3)c2n1. The Morgan fingerprint density at radius 2 is 1.67 bits per heavy atom. The van der Waals surface area contributed by atoms with Crippen molar-refractivity contribution in [2.24, 2.45) is 0 Å². The number of fused-ring (bicyclic) bond motifs is 1. The number of hydrogen-bond acceptors (Lipinski definition) is 8. The monoisotopic (exact) mass is 606 g/mol. The number of carbonyl (C=O) groups excluding carboxylic acids is 1. The molecule has 3 saturated carbocycles. The molecule has 3 aliphatic carbocycles. The molecule has 3 aromatic rings. The van der Waals surface area contributed by atoms with Crippen molar-refractivity contribution < 1.29 is 13.2 Å². The Balaban J connectivity index is 1.30. The predicted octanol–water partition coefficient (Wildman–Crippen LogP) is 4.09. The summed E-state index contributed by atoms with van der Waals surface area (Å²) in [6, 6.07) is 6.86. The predicted molar refractivity (Wildman–Crippen MR) is 166 cm³/mol. The quantitative estimate of drug-likeness (QED) is 0.408. The van der Waals surface area contributed by atoms with Crippen molar-refractivity contribution in [3.05, 3.63) is 35.8 Å². The number of aromatic nitrogens is 4. The fraction of sp³-hybridized carbons (Fsp3) is 0.613. The van der Waals surface area contributed by atoms with E-state index in [1.54, 1.807) is 6.07 Å². The van der Waals surface area contributed by atoms with Gasteiger partial charge in [-0.15, -0.1) is 0 Å². The first-order valence-corrected chi connectivity index (χ1v) is 17.4. The van der Waals surface area contributed by atoms with Crippen molar-refractivity contribution in [2.45, 2.75) is 82.2 Å². The molecule has 0 radical (unpaired) electrons. The summed E-state index contributed by atoms with van der Waals surface area (Å²) in [5.41, 5.74) is 3.48. The largest absolute Gasteiger partial charge is 0.354 e. The Morgan fingerprint density at radius 3 is 2.28 bits per heavy atom. The van der Waals surface area contributed by atoms with Crippen LogP contribution in [0.15, 0.2) is 24.4 Å². The van der Waals surface area contributed by atoms with Gasteiger partial charge in [0.2, 0.25) is 0 Å². The fourth-order valence-electron chi connectivity index (χ4n) is 6.80. The van der Waals surface area contributed by atoms with E-state index < -0.39 is 16.1 Å². The van der Waals surface area contributed by atoms with E-state index in [0.29, 0.717) is 11.6 Å². The highest BCUT2D eigenvalue weighted by atomic mass is 32.2. The van der Waals surface area contributed by atoms with Crippen LogP contribution < -0.4 is 9.62 Å². The fourth-order valence-corrected chi connectivity index (χ4v) is 7.33. The molecule has 11 nitrogen and oxygen atoms in total. The smallest absolute Gasteiger partial charge is 0.303 e. The van der Waals surface area contributed by atoms with Crippen LogP contribution in [0.5, 0.6) is 0 Å². The third-order valence-electron chi connectivity index (χ3n) is 9.80. The lowest BCUT2D eigenvalue weighted by Crippen LogP contribution is -2.47. The number of rotatable bonds is 8. The van der Waals surface area contributed by atoms with Gasteiger partial charge in [-0.25, -0.2) is 19.4 Å². The summed E-state index contributed by atoms with van der Waals surface area (Å²) >= 11 is 0. The van der Waals surface area contributed by atoms with Gasteiger partial charge in [-0.05, 0) is 62.3 Å². The molecule has 12 heteroatoms. The average Bonchev–Trinajstić information content (AvgIpc) is 3.78. The summed E-state index contributed by atoms with van der Waals surface area (Å²) in [6.07, 6.45) is 13.4. The van der Waals surface area contributed by atoms with Crippen LogP contribution >= 0.6 is 0 Å². The summed E-state index contributed by atoms with van der Waals surface area (Å²) in [5.74, 6) is 0.560. The van der Waals surface area contributed by atoms with E-state index >= 15 is 0 Å². The van der Waals surface area contributed by atoms with E-state index in [2.05, 4.69) is 26.7 Å². The maximum absolute atomic E-state index is 13.4. The summed E-state index contributed by atoms with van der Waals surface area (Å²) in [7, 11) is -1.21. The third-order valence-corrected chi connectivity index (χ3v) is 11.2. The van der Waals surface area contributed by atoms with E-state index in [4.69, 9.17) is 15.1 Å². The highest BCUT2D eigenvalue weighted by molar-refractivity contribution is 7.87. The van der Waals surface area contributed by atoms with Gasteiger partial charge in [-0.2, -0.15) is 17.8 Å². The zero-order valence-corrected chi connectivity index (χ0v) is 26.0. The van der Waals surface area contributed by atoms with Crippen LogP contribution in [0.25, 0.3) is 22.2 Å². The van der Waals surface area contributed by atoms with Gasteiger partial charge in [0.1, 0.15) is 11.5 Å². The second-order valence-corrected chi connectivity index (χ2v) is 14.8. The topological polar surface area (TPSA) is 117 Å². The van der Waals surface area contributed by atoms with E-state index in [0.717, 1.165) is 103 Å². The van der Waals surface area contributed by atoms with Crippen LogP contribution in [0.3, 0.4) is 0 Å². The minimum Gasteiger partial charge on any atom is -0.354 e. The Morgan fingerprint density at radius 1 is 0.930 bits per heavy atom. The number of anilines is 1. The summed E-state index contributed by atoms with van der Waals surface area (Å²) < 4.78 is 30.3. The molecule has 0 bridgehead atoms. The Labute approximate surface area is 253 Å². The zero-order valence-electron chi connectivity index (χ0n) is 25.2. The van der Waals surface area contributed by atoms with Crippen molar-refractivity contribution >= 4 is 33.0 Å². The lowest BCUT2D eigenvalue weighted by molar-refractivity contribution is 0.0975. The maximum atomic E-state index is 13.4. The molecule has 3 aromatic heterocycles. The lowest BCUT2D eigenvalue weighted by atomic mass is 9.81. The van der Waals surface area contributed by atoms with Crippen molar-refractivity contribution in [2.75, 3.05) is 45.2 Å². The van der Waals surface area contributed by atoms with Gasteiger partial charge in [0.25, 0.3) is 5.91 Å². The van der Waals surface area contributed by atoms with Gasteiger partial charge in [-0.1, -0.05) is 25.7 Å². The van der Waals surface area contributed by atoms with Crippen LogP contribution in [0.1, 0.15) is 92.4 Å². The highest BCUT2D eigenvalue weighted by Crippen LogP contribution is 2.44. The van der Waals surface area contributed by atoms with E-state index in [-0.39, 0.29) is 11.7 Å². The molecule has 4 fully saturated rings. The second-order valence-electron chi connectivity index (χ2n) is 12.9. The number of amides is 1. The Kier molecular flexibility index (Phi) is 7.63. The minimum absolute atomic E-state index is 0.0605. The molecule has 0 aromatic carbocycles. The molecule has 1 amide bonds. The summed E-state index contributed by atoms with van der Waals surface area (Å²) in [5, 5.41) is 6.17. The van der Waals surface area contributed by atoms with Gasteiger partial charge >= 0.3 is 10.2 Å². The van der Waals surface area contributed by atoms with Crippen LogP contribution in [-0.4, -0.2) is 89.6 Å². The van der Waals surface area contributed by atoms with Gasteiger partial charge < -0.3 is 4.90 Å². The van der Waals surface area contributed by atoms with E-state index in [9.17, 15) is 13.2 Å². The molecule has 43 heavy (non-hydrogen) atoms. The molecule has 1 aliphatic heterocycles. The zero-order chi connectivity index (χ0) is 29.7. The van der Waals surface area contributed by atoms with Crippen molar-refractivity contribution in [3.63, 3.8) is 0 Å². The van der Waals surface area contributed by atoms with Gasteiger partial charge in [-0.3, -0.25) is 9.69 Å². The van der Waals surface area contributed by atoms with Gasteiger partial charge in [0.15, 0.2) is 5.65 Å². The highest BCUT2D eigenvalue weighted by Gasteiger charge is 2.33. The molecule has 1 saturated heterocycles. The molecular weight excluding hydrogens is 564 g/mol. The van der Waals surface area contributed by atoms with Crippen LogP contribution in [0.2, 0.25) is 0 Å². The van der Waals surface area contributed by atoms with Crippen molar-refractivity contribution in [1.29, 1.82) is 0 Å². The standard InChI is InChI=1S/C31H42N8O3S/c1-36(2)43(41,42)35-31(40)26-19-25(22-11-14-27(32-20-22)38-17-15-37(16-18-38)23-12-13-23)28-29(21-7-6-8-21)34-39(30(28)33-26)24-9-4-3-5-10-24/h11,14,19-21,23-24H,3-10,12-13,15-18H2,1-2H3,(H,35,40). The molecule has 1 N–H and O–H groups in total. The molecular formula is C31H42N8O3S. The Hall–Kier alpha value is -3.09. The van der Waals surface area contributed by atoms with Crippen LogP contribution in [0.4, 0.5) is 5.82 Å². The first kappa shape index (κ1) is 28.7. The molecule has 230 valence electrons. The number of carbonyl (C=O) groups is 1. The second kappa shape index (κ2) is 11.4. The minimum atomic E-state index is -3.98. The average molecular weight is 607 g/mol. The molecule has 0 spiro atoms. The normalized spacial score (nSPS) is 21.0. The number of pyridine rings is 2. The number of nitrogens with one attached hydrogen (secondary N) is 1. The lowest BCUT2D eigenvalue weighted by Gasteiger charge is -2.35. The molecule has 7 rings (SSSR count). The van der Waals surface area contributed by atoms with Crippen LogP contribution in [-0.2, 0) is 10.2 Å². The van der Waals surface area contributed by atoms with E-state index in [1.807, 2.05) is 10.9 Å². The van der Waals surface area contributed by atoms with Crippen molar-refractivity contribution in [3.8, 4) is 11.1 Å². The molecule has 4 aliphatic rings. The van der Waals surface area contributed by atoms with Crippen molar-refractivity contribution in [1.82, 2.24) is 33.7 Å². The van der Waals surface area contributed by atoms with Crippen LogP contribution in [0, 0.1) is 0 Å². The molecule has 0 atom stereocenters.